The minimum Gasteiger partial charge on any atom is -0.470 e. The molecule has 2 aromatic carbocycles. The quantitative estimate of drug-likeness (QED) is 0.462. The summed E-state index contributed by atoms with van der Waals surface area (Å²) >= 11 is 5.88. The molecule has 0 spiro atoms. The molecule has 4 heteroatoms. The summed E-state index contributed by atoms with van der Waals surface area (Å²) in [6, 6.07) is 17.9. The molecule has 3 rings (SSSR count). The van der Waals surface area contributed by atoms with E-state index in [0.717, 1.165) is 31.6 Å². The Bertz CT molecular complexity index is 672. The van der Waals surface area contributed by atoms with Gasteiger partial charge in [0.25, 0.3) is 0 Å². The zero-order valence-electron chi connectivity index (χ0n) is 14.4. The first-order valence-corrected chi connectivity index (χ1v) is 9.36. The standard InChI is InChI=1S/C21H24ClNO2/c22-18-11-13-19(14-12-18)25-21-16-20(24)23(21)15-7-2-1-4-8-17-9-5-3-6-10-17/h3,5-6,9-14,21H,1-2,4,7-8,15-16H2. The molecule has 1 heterocycles. The van der Waals surface area contributed by atoms with Crippen LogP contribution < -0.4 is 4.74 Å². The van der Waals surface area contributed by atoms with Crippen molar-refractivity contribution in [2.24, 2.45) is 0 Å². The van der Waals surface area contributed by atoms with E-state index in [-0.39, 0.29) is 12.1 Å². The van der Waals surface area contributed by atoms with E-state index < -0.39 is 0 Å². The van der Waals surface area contributed by atoms with E-state index in [1.165, 1.54) is 18.4 Å². The minimum atomic E-state index is -0.127. The van der Waals surface area contributed by atoms with Gasteiger partial charge < -0.3 is 9.64 Å². The number of halogens is 1. The van der Waals surface area contributed by atoms with Crippen LogP contribution in [0.3, 0.4) is 0 Å². The number of carbonyl (C=O) groups is 1. The fourth-order valence-corrected chi connectivity index (χ4v) is 3.20. The lowest BCUT2D eigenvalue weighted by Crippen LogP contribution is -2.55. The molecule has 0 N–H and O–H groups in total. The number of benzene rings is 2. The first-order chi connectivity index (χ1) is 12.2. The molecular formula is C21H24ClNO2. The lowest BCUT2D eigenvalue weighted by atomic mass is 10.1. The molecular weight excluding hydrogens is 334 g/mol. The third-order valence-corrected chi connectivity index (χ3v) is 4.81. The molecule has 0 aromatic heterocycles. The van der Waals surface area contributed by atoms with Crippen molar-refractivity contribution in [3.8, 4) is 5.75 Å². The zero-order valence-corrected chi connectivity index (χ0v) is 15.1. The molecule has 3 nitrogen and oxygen atoms in total. The molecule has 0 radical (unpaired) electrons. The summed E-state index contributed by atoms with van der Waals surface area (Å²) in [5, 5.41) is 0.685. The Morgan fingerprint density at radius 1 is 0.960 bits per heavy atom. The molecule has 1 saturated heterocycles. The minimum absolute atomic E-state index is 0.127. The van der Waals surface area contributed by atoms with Crippen molar-refractivity contribution in [1.82, 2.24) is 4.90 Å². The molecule has 1 unspecified atom stereocenters. The topological polar surface area (TPSA) is 29.5 Å². The predicted octanol–water partition coefficient (Wildman–Crippen LogP) is 5.08. The van der Waals surface area contributed by atoms with Crippen LogP contribution in [0.1, 0.15) is 37.7 Å². The highest BCUT2D eigenvalue weighted by molar-refractivity contribution is 6.30. The largest absolute Gasteiger partial charge is 0.470 e. The van der Waals surface area contributed by atoms with Gasteiger partial charge in [0.1, 0.15) is 5.75 Å². The van der Waals surface area contributed by atoms with Crippen molar-refractivity contribution in [2.45, 2.75) is 44.8 Å². The van der Waals surface area contributed by atoms with Crippen LogP contribution in [0.4, 0.5) is 0 Å². The highest BCUT2D eigenvalue weighted by atomic mass is 35.5. The number of amides is 1. The first-order valence-electron chi connectivity index (χ1n) is 8.98. The van der Waals surface area contributed by atoms with E-state index in [9.17, 15) is 4.79 Å². The van der Waals surface area contributed by atoms with Crippen LogP contribution in [0.2, 0.25) is 5.02 Å². The maximum absolute atomic E-state index is 11.8. The Labute approximate surface area is 154 Å². The number of hydrogen-bond acceptors (Lipinski definition) is 2. The Morgan fingerprint density at radius 2 is 1.68 bits per heavy atom. The first kappa shape index (κ1) is 17.8. The van der Waals surface area contributed by atoms with E-state index in [4.69, 9.17) is 16.3 Å². The fourth-order valence-electron chi connectivity index (χ4n) is 3.08. The Morgan fingerprint density at radius 3 is 2.40 bits per heavy atom. The summed E-state index contributed by atoms with van der Waals surface area (Å²) in [7, 11) is 0. The van der Waals surface area contributed by atoms with Gasteiger partial charge in [-0.25, -0.2) is 0 Å². The summed E-state index contributed by atoms with van der Waals surface area (Å²) in [6.45, 7) is 0.780. The lowest BCUT2D eigenvalue weighted by molar-refractivity contribution is -0.160. The number of likely N-dealkylation sites (tertiary alicyclic amines) is 1. The molecule has 132 valence electrons. The van der Waals surface area contributed by atoms with Crippen molar-refractivity contribution in [3.63, 3.8) is 0 Å². The molecule has 1 aliphatic heterocycles. The summed E-state index contributed by atoms with van der Waals surface area (Å²) in [4.78, 5) is 13.7. The summed E-state index contributed by atoms with van der Waals surface area (Å²) < 4.78 is 5.87. The van der Waals surface area contributed by atoms with Gasteiger partial charge in [0.15, 0.2) is 6.23 Å². The molecule has 1 fully saturated rings. The van der Waals surface area contributed by atoms with Gasteiger partial charge in [-0.1, -0.05) is 54.8 Å². The summed E-state index contributed by atoms with van der Waals surface area (Å²) in [5.74, 6) is 0.943. The van der Waals surface area contributed by atoms with Crippen molar-refractivity contribution in [1.29, 1.82) is 0 Å². The Kier molecular flexibility index (Phi) is 6.35. The Hall–Kier alpha value is -2.00. The zero-order chi connectivity index (χ0) is 17.5. The van der Waals surface area contributed by atoms with E-state index in [1.807, 2.05) is 17.0 Å². The molecule has 1 aliphatic rings. The number of hydrogen-bond donors (Lipinski definition) is 0. The van der Waals surface area contributed by atoms with Crippen LogP contribution in [0.15, 0.2) is 54.6 Å². The fraction of sp³-hybridized carbons (Fsp3) is 0.381. The monoisotopic (exact) mass is 357 g/mol. The van der Waals surface area contributed by atoms with Gasteiger partial charge in [-0.15, -0.1) is 0 Å². The number of carbonyl (C=O) groups excluding carboxylic acids is 1. The lowest BCUT2D eigenvalue weighted by Gasteiger charge is -2.40. The molecule has 1 atom stereocenters. The van der Waals surface area contributed by atoms with Crippen LogP contribution in [0.25, 0.3) is 0 Å². The third kappa shape index (κ3) is 5.23. The van der Waals surface area contributed by atoms with Crippen molar-refractivity contribution < 1.29 is 9.53 Å². The number of β-lactam (4-membered cyclic amide) rings is 1. The molecule has 0 aliphatic carbocycles. The van der Waals surface area contributed by atoms with Crippen LogP contribution in [0.5, 0.6) is 5.75 Å². The van der Waals surface area contributed by atoms with Gasteiger partial charge in [-0.3, -0.25) is 4.79 Å². The average Bonchev–Trinajstić information content (AvgIpc) is 2.63. The van der Waals surface area contributed by atoms with Gasteiger partial charge >= 0.3 is 0 Å². The van der Waals surface area contributed by atoms with Gasteiger partial charge in [0.05, 0.1) is 6.42 Å². The van der Waals surface area contributed by atoms with E-state index in [1.54, 1.807) is 12.1 Å². The maximum atomic E-state index is 11.8. The van der Waals surface area contributed by atoms with Gasteiger partial charge in [0.2, 0.25) is 5.91 Å². The second-order valence-electron chi connectivity index (χ2n) is 6.47. The van der Waals surface area contributed by atoms with Gasteiger partial charge in [-0.05, 0) is 49.1 Å². The number of ether oxygens (including phenoxy) is 1. The van der Waals surface area contributed by atoms with Gasteiger partial charge in [0, 0.05) is 11.6 Å². The predicted molar refractivity (Wildman–Crippen MR) is 101 cm³/mol. The summed E-state index contributed by atoms with van der Waals surface area (Å²) in [6.07, 6.45) is 6.04. The van der Waals surface area contributed by atoms with E-state index in [0.29, 0.717) is 11.4 Å². The number of unbranched alkanes of at least 4 members (excludes halogenated alkanes) is 3. The highest BCUT2D eigenvalue weighted by Gasteiger charge is 2.37. The van der Waals surface area contributed by atoms with Crippen molar-refractivity contribution >= 4 is 17.5 Å². The van der Waals surface area contributed by atoms with Crippen LogP contribution in [-0.2, 0) is 11.2 Å². The molecule has 2 aromatic rings. The number of nitrogens with zero attached hydrogens (tertiary/aromatic N) is 1. The van der Waals surface area contributed by atoms with Crippen LogP contribution >= 0.6 is 11.6 Å². The smallest absolute Gasteiger partial charge is 0.231 e. The summed E-state index contributed by atoms with van der Waals surface area (Å²) in [5.41, 5.74) is 1.40. The van der Waals surface area contributed by atoms with Crippen molar-refractivity contribution in [3.05, 3.63) is 65.2 Å². The normalized spacial score (nSPS) is 16.6. The number of aryl methyl sites for hydroxylation is 1. The second-order valence-corrected chi connectivity index (χ2v) is 6.90. The van der Waals surface area contributed by atoms with Crippen molar-refractivity contribution in [2.75, 3.05) is 6.54 Å². The van der Waals surface area contributed by atoms with E-state index >= 15 is 0 Å². The van der Waals surface area contributed by atoms with Crippen LogP contribution in [0, 0.1) is 0 Å². The molecule has 0 saturated carbocycles. The molecule has 1 amide bonds. The SMILES string of the molecule is O=C1CC(Oc2ccc(Cl)cc2)N1CCCCCCc1ccccc1. The third-order valence-electron chi connectivity index (χ3n) is 4.56. The average molecular weight is 358 g/mol. The van der Waals surface area contributed by atoms with Crippen LogP contribution in [-0.4, -0.2) is 23.6 Å². The van der Waals surface area contributed by atoms with Gasteiger partial charge in [-0.2, -0.15) is 0 Å². The number of rotatable bonds is 9. The van der Waals surface area contributed by atoms with E-state index in [2.05, 4.69) is 30.3 Å². The molecule has 25 heavy (non-hydrogen) atoms. The highest BCUT2D eigenvalue weighted by Crippen LogP contribution is 2.25. The maximum Gasteiger partial charge on any atom is 0.231 e. The Balaban J connectivity index is 1.33. The molecule has 0 bridgehead atoms. The second kappa shape index (κ2) is 8.91.